The first-order valence-electron chi connectivity index (χ1n) is 9.76. The Bertz CT molecular complexity index is 999. The number of piperidine rings is 1. The number of pyridine rings is 1. The van der Waals surface area contributed by atoms with Gasteiger partial charge in [0, 0.05) is 43.0 Å². The van der Waals surface area contributed by atoms with Crippen LogP contribution in [-0.4, -0.2) is 58.0 Å². The molecule has 4 heterocycles. The monoisotopic (exact) mass is 397 g/mol. The van der Waals surface area contributed by atoms with Crippen LogP contribution in [0.15, 0.2) is 41.7 Å². The number of nitrogens with one attached hydrogen (secondary N) is 1. The number of aliphatic hydroxyl groups excluding tert-OH is 1. The zero-order chi connectivity index (χ0) is 20.4. The molecular weight excluding hydrogens is 374 g/mol. The Labute approximate surface area is 167 Å². The van der Waals surface area contributed by atoms with E-state index in [0.29, 0.717) is 18.7 Å². The quantitative estimate of drug-likeness (QED) is 0.452. The number of ketones is 1. The van der Waals surface area contributed by atoms with E-state index in [-0.39, 0.29) is 36.3 Å². The van der Waals surface area contributed by atoms with Gasteiger partial charge in [-0.15, -0.1) is 0 Å². The maximum absolute atomic E-state index is 13.0. The molecule has 8 heteroatoms. The second kappa shape index (κ2) is 8.08. The molecule has 2 aromatic heterocycles. The molecule has 2 N–H and O–H groups in total. The molecule has 0 spiro atoms. The van der Waals surface area contributed by atoms with Gasteiger partial charge in [-0.05, 0) is 43.9 Å². The summed E-state index contributed by atoms with van der Waals surface area (Å²) in [4.78, 5) is 34.7. The van der Waals surface area contributed by atoms with Crippen molar-refractivity contribution in [3.63, 3.8) is 0 Å². The lowest BCUT2D eigenvalue weighted by Gasteiger charge is -2.32. The van der Waals surface area contributed by atoms with E-state index in [2.05, 4.69) is 9.97 Å². The van der Waals surface area contributed by atoms with E-state index < -0.39 is 11.8 Å². The molecule has 2 aromatic rings. The average molecular weight is 397 g/mol. The molecule has 152 valence electrons. The number of aromatic nitrogens is 2. The minimum atomic E-state index is -0.680. The summed E-state index contributed by atoms with van der Waals surface area (Å²) in [6.07, 6.45) is 6.58. The number of aliphatic hydroxyl groups is 1. The first-order valence-corrected chi connectivity index (χ1v) is 9.76. The van der Waals surface area contributed by atoms with Crippen molar-refractivity contribution in [3.05, 3.63) is 47.3 Å². The lowest BCUT2D eigenvalue weighted by Crippen LogP contribution is -2.35. The van der Waals surface area contributed by atoms with Gasteiger partial charge in [0.25, 0.3) is 0 Å². The molecule has 2 aliphatic heterocycles. The Morgan fingerprint density at radius 2 is 2.24 bits per heavy atom. The van der Waals surface area contributed by atoms with Gasteiger partial charge in [-0.3, -0.25) is 4.79 Å². The van der Waals surface area contributed by atoms with Crippen molar-refractivity contribution in [1.29, 1.82) is 0 Å². The first-order chi connectivity index (χ1) is 14.1. The third-order valence-electron chi connectivity index (χ3n) is 5.28. The maximum Gasteiger partial charge on any atom is 0.347 e. The number of carbonyl (C=O) groups is 2. The largest absolute Gasteiger partial charge is 0.462 e. The van der Waals surface area contributed by atoms with Gasteiger partial charge in [0.05, 0.1) is 6.61 Å². The molecule has 0 amide bonds. The number of likely N-dealkylation sites (tertiary alicyclic amines) is 1. The third kappa shape index (κ3) is 3.63. The number of ether oxygens (including phenoxy) is 2. The number of carbonyl (C=O) groups excluding carboxylic acids is 2. The minimum absolute atomic E-state index is 0.0708. The molecule has 8 nitrogen and oxygen atoms in total. The van der Waals surface area contributed by atoms with Crippen molar-refractivity contribution in [1.82, 2.24) is 14.9 Å². The fourth-order valence-corrected chi connectivity index (χ4v) is 3.68. The Morgan fingerprint density at radius 3 is 2.97 bits per heavy atom. The molecule has 0 aromatic carbocycles. The minimum Gasteiger partial charge on any atom is -0.462 e. The standard InChI is InChI=1S/C21H23N3O5/c1-2-28-21(27)17-18(26)16(10-14-11-23-19-15(14)4-3-7-22-19)29-20(17)24-8-5-13(12-25)6-9-24/h3-4,7,10-11,13,25H,2,5-6,8-9,12H2,1H3,(H,22,23). The van der Waals surface area contributed by atoms with E-state index in [0.717, 1.165) is 23.8 Å². The third-order valence-corrected chi connectivity index (χ3v) is 5.28. The summed E-state index contributed by atoms with van der Waals surface area (Å²) in [7, 11) is 0. The van der Waals surface area contributed by atoms with Crippen LogP contribution >= 0.6 is 0 Å². The lowest BCUT2D eigenvalue weighted by atomic mass is 9.98. The van der Waals surface area contributed by atoms with E-state index in [9.17, 15) is 14.7 Å². The fraction of sp³-hybridized carbons (Fsp3) is 0.381. The SMILES string of the molecule is CCOC(=O)C1=C(N2CCC(CO)CC2)OC(=Cc2c[nH]c3ncccc23)C1=O. The Balaban J connectivity index is 1.66. The Kier molecular flexibility index (Phi) is 5.35. The molecule has 1 saturated heterocycles. The number of hydrogen-bond acceptors (Lipinski definition) is 7. The smallest absolute Gasteiger partial charge is 0.347 e. The molecule has 0 bridgehead atoms. The van der Waals surface area contributed by atoms with Crippen LogP contribution in [0.1, 0.15) is 25.3 Å². The zero-order valence-corrected chi connectivity index (χ0v) is 16.2. The van der Waals surface area contributed by atoms with Crippen LogP contribution in [0.2, 0.25) is 0 Å². The average Bonchev–Trinajstić information content (AvgIpc) is 3.30. The number of fused-ring (bicyclic) bond motifs is 1. The topological polar surface area (TPSA) is 105 Å². The highest BCUT2D eigenvalue weighted by Gasteiger charge is 2.40. The highest BCUT2D eigenvalue weighted by Crippen LogP contribution is 2.33. The summed E-state index contributed by atoms with van der Waals surface area (Å²) in [6, 6.07) is 3.71. The van der Waals surface area contributed by atoms with Crippen molar-refractivity contribution in [3.8, 4) is 0 Å². The second-order valence-corrected chi connectivity index (χ2v) is 7.10. The van der Waals surface area contributed by atoms with Crippen LogP contribution in [-0.2, 0) is 19.1 Å². The predicted octanol–water partition coefficient (Wildman–Crippen LogP) is 1.98. The van der Waals surface area contributed by atoms with E-state index in [4.69, 9.17) is 9.47 Å². The molecule has 0 saturated carbocycles. The Hall–Kier alpha value is -3.13. The number of allylic oxidation sites excluding steroid dienone is 1. The summed E-state index contributed by atoms with van der Waals surface area (Å²) in [6.45, 7) is 3.20. The first kappa shape index (κ1) is 19.2. The molecule has 0 aliphatic carbocycles. The van der Waals surface area contributed by atoms with E-state index in [1.807, 2.05) is 17.0 Å². The van der Waals surface area contributed by atoms with Crippen molar-refractivity contribution in [2.24, 2.45) is 5.92 Å². The van der Waals surface area contributed by atoms with Crippen molar-refractivity contribution in [2.75, 3.05) is 26.3 Å². The van der Waals surface area contributed by atoms with Gasteiger partial charge >= 0.3 is 5.97 Å². The molecule has 29 heavy (non-hydrogen) atoms. The van der Waals surface area contributed by atoms with Gasteiger partial charge in [-0.25, -0.2) is 9.78 Å². The van der Waals surface area contributed by atoms with Gasteiger partial charge < -0.3 is 24.5 Å². The number of aromatic amines is 1. The summed E-state index contributed by atoms with van der Waals surface area (Å²) in [5, 5.41) is 10.2. The predicted molar refractivity (Wildman–Crippen MR) is 105 cm³/mol. The van der Waals surface area contributed by atoms with Gasteiger partial charge in [-0.1, -0.05) is 0 Å². The molecule has 4 rings (SSSR count). The molecule has 1 fully saturated rings. The van der Waals surface area contributed by atoms with Gasteiger partial charge in [-0.2, -0.15) is 0 Å². The van der Waals surface area contributed by atoms with Crippen molar-refractivity contribution >= 4 is 28.9 Å². The van der Waals surface area contributed by atoms with Gasteiger partial charge in [0.1, 0.15) is 5.65 Å². The number of hydrogen-bond donors (Lipinski definition) is 2. The van der Waals surface area contributed by atoms with E-state index >= 15 is 0 Å². The lowest BCUT2D eigenvalue weighted by molar-refractivity contribution is -0.139. The Morgan fingerprint density at radius 1 is 1.45 bits per heavy atom. The molecule has 0 unspecified atom stereocenters. The summed E-state index contributed by atoms with van der Waals surface area (Å²) in [5.74, 6) is -0.614. The number of rotatable bonds is 5. The maximum atomic E-state index is 13.0. The van der Waals surface area contributed by atoms with Gasteiger partial charge in [0.2, 0.25) is 11.7 Å². The van der Waals surface area contributed by atoms with Crippen LogP contribution in [0, 0.1) is 5.92 Å². The van der Waals surface area contributed by atoms with E-state index in [1.165, 1.54) is 0 Å². The zero-order valence-electron chi connectivity index (χ0n) is 16.2. The highest BCUT2D eigenvalue weighted by atomic mass is 16.5. The van der Waals surface area contributed by atoms with E-state index in [1.54, 1.807) is 25.4 Å². The number of Topliss-reactive ketones (excluding diaryl/α,β-unsaturated/α-hetero) is 1. The van der Waals surface area contributed by atoms with Crippen LogP contribution in [0.3, 0.4) is 0 Å². The number of H-pyrrole nitrogens is 1. The van der Waals surface area contributed by atoms with Crippen molar-refractivity contribution < 1.29 is 24.2 Å². The molecule has 2 aliphatic rings. The van der Waals surface area contributed by atoms with Crippen LogP contribution in [0.4, 0.5) is 0 Å². The summed E-state index contributed by atoms with van der Waals surface area (Å²) < 4.78 is 11.0. The summed E-state index contributed by atoms with van der Waals surface area (Å²) in [5.41, 5.74) is 1.38. The number of nitrogens with zero attached hydrogens (tertiary/aromatic N) is 2. The fourth-order valence-electron chi connectivity index (χ4n) is 3.68. The van der Waals surface area contributed by atoms with Gasteiger partial charge in [0.15, 0.2) is 11.3 Å². The second-order valence-electron chi connectivity index (χ2n) is 7.10. The van der Waals surface area contributed by atoms with Crippen molar-refractivity contribution in [2.45, 2.75) is 19.8 Å². The summed E-state index contributed by atoms with van der Waals surface area (Å²) >= 11 is 0. The molecule has 0 atom stereocenters. The number of esters is 1. The normalized spacial score (nSPS) is 19.3. The highest BCUT2D eigenvalue weighted by molar-refractivity contribution is 6.26. The van der Waals surface area contributed by atoms with Crippen LogP contribution in [0.5, 0.6) is 0 Å². The molecular formula is C21H23N3O5. The van der Waals surface area contributed by atoms with Crippen LogP contribution < -0.4 is 0 Å². The van der Waals surface area contributed by atoms with Crippen LogP contribution in [0.25, 0.3) is 17.1 Å². The molecule has 0 radical (unpaired) electrons.